The van der Waals surface area contributed by atoms with Crippen LogP contribution in [0.15, 0.2) is 24.4 Å². The number of ether oxygens (including phenoxy) is 2. The Labute approximate surface area is 156 Å². The zero-order valence-electron chi connectivity index (χ0n) is 14.9. The molecule has 2 rings (SSSR count). The molecule has 0 fully saturated rings. The second-order valence-corrected chi connectivity index (χ2v) is 6.27. The van der Waals surface area contributed by atoms with Gasteiger partial charge in [0.05, 0.1) is 24.0 Å². The van der Waals surface area contributed by atoms with Crippen molar-refractivity contribution in [2.24, 2.45) is 0 Å². The van der Waals surface area contributed by atoms with Gasteiger partial charge in [0.15, 0.2) is 6.10 Å². The van der Waals surface area contributed by atoms with E-state index >= 15 is 0 Å². The first-order valence-electron chi connectivity index (χ1n) is 7.93. The van der Waals surface area contributed by atoms with Gasteiger partial charge in [0.25, 0.3) is 5.91 Å². The molecular formula is C17H21ClN4O4. The number of carbonyl (C=O) groups is 2. The van der Waals surface area contributed by atoms with Gasteiger partial charge in [-0.05, 0) is 26.8 Å². The van der Waals surface area contributed by atoms with Crippen molar-refractivity contribution in [3.05, 3.63) is 35.0 Å². The fourth-order valence-electron chi connectivity index (χ4n) is 2.23. The van der Waals surface area contributed by atoms with E-state index in [1.807, 2.05) is 13.8 Å². The number of benzene rings is 1. The van der Waals surface area contributed by atoms with Crippen LogP contribution in [0.2, 0.25) is 5.02 Å². The molecule has 9 heteroatoms. The summed E-state index contributed by atoms with van der Waals surface area (Å²) in [5, 5.41) is 7.00. The van der Waals surface area contributed by atoms with Crippen molar-refractivity contribution in [2.75, 3.05) is 18.2 Å². The van der Waals surface area contributed by atoms with Crippen LogP contribution in [0, 0.1) is 0 Å². The van der Waals surface area contributed by atoms with E-state index in [1.165, 1.54) is 26.2 Å². The lowest BCUT2D eigenvalue weighted by atomic mass is 10.2. The Kier molecular flexibility index (Phi) is 6.10. The zero-order valence-corrected chi connectivity index (χ0v) is 15.7. The van der Waals surface area contributed by atoms with Gasteiger partial charge >= 0.3 is 5.97 Å². The Morgan fingerprint density at radius 3 is 2.62 bits per heavy atom. The Balaban J connectivity index is 2.10. The third-order valence-electron chi connectivity index (χ3n) is 3.60. The minimum atomic E-state index is -1.04. The SMILES string of the molecule is COc1cc(N)c(Cl)cc1C(=O)O[C@@H](C)C(=O)Nc1ccnn1C(C)C. The number of carbonyl (C=O) groups excluding carboxylic acids is 2. The Bertz CT molecular complexity index is 819. The molecule has 0 saturated heterocycles. The third-order valence-corrected chi connectivity index (χ3v) is 3.93. The molecule has 0 spiro atoms. The van der Waals surface area contributed by atoms with Crippen molar-refractivity contribution in [3.63, 3.8) is 0 Å². The summed E-state index contributed by atoms with van der Waals surface area (Å²) < 4.78 is 12.0. The first-order valence-corrected chi connectivity index (χ1v) is 8.30. The van der Waals surface area contributed by atoms with E-state index in [2.05, 4.69) is 10.4 Å². The maximum absolute atomic E-state index is 12.4. The van der Waals surface area contributed by atoms with Gasteiger partial charge in [-0.1, -0.05) is 11.6 Å². The lowest BCUT2D eigenvalue weighted by Gasteiger charge is -2.16. The predicted molar refractivity (Wildman–Crippen MR) is 98.5 cm³/mol. The molecule has 3 N–H and O–H groups in total. The second-order valence-electron chi connectivity index (χ2n) is 5.87. The number of halogens is 1. The number of esters is 1. The van der Waals surface area contributed by atoms with E-state index in [9.17, 15) is 9.59 Å². The maximum Gasteiger partial charge on any atom is 0.342 e. The van der Waals surface area contributed by atoms with Crippen molar-refractivity contribution in [1.29, 1.82) is 0 Å². The molecule has 0 aliphatic rings. The zero-order chi connectivity index (χ0) is 19.4. The van der Waals surface area contributed by atoms with Crippen LogP contribution in [0.1, 0.15) is 37.2 Å². The van der Waals surface area contributed by atoms with Gasteiger partial charge in [-0.15, -0.1) is 0 Å². The summed E-state index contributed by atoms with van der Waals surface area (Å²) in [7, 11) is 1.39. The average molecular weight is 381 g/mol. The molecular weight excluding hydrogens is 360 g/mol. The van der Waals surface area contributed by atoms with E-state index in [4.69, 9.17) is 26.8 Å². The Morgan fingerprint density at radius 2 is 2.00 bits per heavy atom. The summed E-state index contributed by atoms with van der Waals surface area (Å²) in [5.74, 6) is -0.506. The second kappa shape index (κ2) is 8.09. The third kappa shape index (κ3) is 4.26. The summed E-state index contributed by atoms with van der Waals surface area (Å²) in [5.41, 5.74) is 6.05. The molecule has 0 aliphatic carbocycles. The van der Waals surface area contributed by atoms with Crippen molar-refractivity contribution >= 4 is 35.0 Å². The van der Waals surface area contributed by atoms with Crippen molar-refractivity contribution in [3.8, 4) is 5.75 Å². The van der Waals surface area contributed by atoms with Gasteiger partial charge in [-0.2, -0.15) is 5.10 Å². The van der Waals surface area contributed by atoms with Crippen LogP contribution in [-0.2, 0) is 9.53 Å². The highest BCUT2D eigenvalue weighted by Crippen LogP contribution is 2.29. The number of nitrogen functional groups attached to an aromatic ring is 1. The number of nitrogens with zero attached hydrogens (tertiary/aromatic N) is 2. The van der Waals surface area contributed by atoms with Crippen LogP contribution >= 0.6 is 11.6 Å². The molecule has 1 amide bonds. The van der Waals surface area contributed by atoms with E-state index in [-0.39, 0.29) is 28.1 Å². The summed E-state index contributed by atoms with van der Waals surface area (Å²) in [6, 6.07) is 4.50. The van der Waals surface area contributed by atoms with Crippen molar-refractivity contribution in [2.45, 2.75) is 32.9 Å². The van der Waals surface area contributed by atoms with Crippen LogP contribution in [-0.4, -0.2) is 34.9 Å². The number of anilines is 2. The lowest BCUT2D eigenvalue weighted by molar-refractivity contribution is -0.123. The predicted octanol–water partition coefficient (Wildman–Crippen LogP) is 2.89. The quantitative estimate of drug-likeness (QED) is 0.589. The summed E-state index contributed by atoms with van der Waals surface area (Å²) in [4.78, 5) is 24.7. The topological polar surface area (TPSA) is 108 Å². The normalized spacial score (nSPS) is 11.9. The molecule has 26 heavy (non-hydrogen) atoms. The number of hydrogen-bond donors (Lipinski definition) is 2. The molecule has 0 bridgehead atoms. The molecule has 1 atom stereocenters. The first-order chi connectivity index (χ1) is 12.2. The largest absolute Gasteiger partial charge is 0.496 e. The van der Waals surface area contributed by atoms with Crippen LogP contribution in [0.25, 0.3) is 0 Å². The first kappa shape index (κ1) is 19.6. The number of methoxy groups -OCH3 is 1. The number of rotatable bonds is 6. The van der Waals surface area contributed by atoms with Gasteiger partial charge in [0, 0.05) is 18.2 Å². The molecule has 8 nitrogen and oxygen atoms in total. The van der Waals surface area contributed by atoms with E-state index in [1.54, 1.807) is 16.9 Å². The fraction of sp³-hybridized carbons (Fsp3) is 0.353. The molecule has 140 valence electrons. The highest BCUT2D eigenvalue weighted by molar-refractivity contribution is 6.33. The van der Waals surface area contributed by atoms with Gasteiger partial charge < -0.3 is 20.5 Å². The lowest BCUT2D eigenvalue weighted by Crippen LogP contribution is -2.31. The Morgan fingerprint density at radius 1 is 1.31 bits per heavy atom. The van der Waals surface area contributed by atoms with Gasteiger partial charge in [-0.3, -0.25) is 4.79 Å². The van der Waals surface area contributed by atoms with Gasteiger partial charge in [0.1, 0.15) is 17.1 Å². The number of amides is 1. The molecule has 0 unspecified atom stereocenters. The number of nitrogens with one attached hydrogen (secondary N) is 1. The molecule has 2 aromatic rings. The van der Waals surface area contributed by atoms with Gasteiger partial charge in [0.2, 0.25) is 0 Å². The Hall–Kier alpha value is -2.74. The molecule has 1 heterocycles. The molecule has 0 radical (unpaired) electrons. The molecule has 1 aromatic carbocycles. The van der Waals surface area contributed by atoms with Crippen molar-refractivity contribution in [1.82, 2.24) is 9.78 Å². The number of hydrogen-bond acceptors (Lipinski definition) is 6. The minimum absolute atomic E-state index is 0.0688. The monoisotopic (exact) mass is 380 g/mol. The average Bonchev–Trinajstić information content (AvgIpc) is 3.05. The van der Waals surface area contributed by atoms with E-state index in [0.29, 0.717) is 5.82 Å². The maximum atomic E-state index is 12.4. The minimum Gasteiger partial charge on any atom is -0.496 e. The number of aromatic nitrogens is 2. The van der Waals surface area contributed by atoms with Gasteiger partial charge in [-0.25, -0.2) is 9.48 Å². The summed E-state index contributed by atoms with van der Waals surface area (Å²) in [6.07, 6.45) is 0.534. The summed E-state index contributed by atoms with van der Waals surface area (Å²) >= 11 is 5.95. The fourth-order valence-corrected chi connectivity index (χ4v) is 2.39. The standard InChI is InChI=1S/C17H21ClN4O4/c1-9(2)22-15(5-6-20-22)21-16(23)10(3)26-17(24)11-7-12(18)13(19)8-14(11)25-4/h5-10H,19H2,1-4H3,(H,21,23)/t10-/m0/s1. The van der Waals surface area contributed by atoms with Crippen molar-refractivity contribution < 1.29 is 19.1 Å². The summed E-state index contributed by atoms with van der Waals surface area (Å²) in [6.45, 7) is 5.33. The van der Waals surface area contributed by atoms with E-state index < -0.39 is 18.0 Å². The van der Waals surface area contributed by atoms with Crippen LogP contribution in [0.5, 0.6) is 5.75 Å². The number of nitrogens with two attached hydrogens (primary N) is 1. The molecule has 0 saturated carbocycles. The highest BCUT2D eigenvalue weighted by atomic mass is 35.5. The van der Waals surface area contributed by atoms with Crippen LogP contribution in [0.3, 0.4) is 0 Å². The molecule has 0 aliphatic heterocycles. The highest BCUT2D eigenvalue weighted by Gasteiger charge is 2.23. The van der Waals surface area contributed by atoms with Crippen LogP contribution < -0.4 is 15.8 Å². The van der Waals surface area contributed by atoms with E-state index in [0.717, 1.165) is 0 Å². The molecule has 1 aromatic heterocycles. The smallest absolute Gasteiger partial charge is 0.342 e. The van der Waals surface area contributed by atoms with Crippen LogP contribution in [0.4, 0.5) is 11.5 Å².